The number of benzene rings is 2. The first kappa shape index (κ1) is 17.7. The Hall–Kier alpha value is -3.67. The molecule has 0 radical (unpaired) electrons. The van der Waals surface area contributed by atoms with Crippen LogP contribution < -0.4 is 5.32 Å². The molecule has 2 aromatic carbocycles. The first-order valence-electron chi connectivity index (χ1n) is 9.03. The van der Waals surface area contributed by atoms with Crippen LogP contribution in [0.25, 0.3) is 17.0 Å². The van der Waals surface area contributed by atoms with E-state index in [9.17, 15) is 4.79 Å². The highest BCUT2D eigenvalue weighted by atomic mass is 16.5. The van der Waals surface area contributed by atoms with Crippen molar-refractivity contribution in [3.8, 4) is 11.4 Å². The molecule has 0 fully saturated rings. The number of amides is 2. The molecule has 6 heteroatoms. The normalized spacial score (nSPS) is 16.8. The van der Waals surface area contributed by atoms with Crippen LogP contribution in [0.5, 0.6) is 0 Å². The van der Waals surface area contributed by atoms with Crippen molar-refractivity contribution in [2.75, 3.05) is 6.54 Å². The molecule has 1 N–H and O–H groups in total. The number of hydrogen-bond acceptors (Lipinski definition) is 4. The summed E-state index contributed by atoms with van der Waals surface area (Å²) >= 11 is 0. The topological polar surface area (TPSA) is 71.3 Å². The predicted molar refractivity (Wildman–Crippen MR) is 107 cm³/mol. The van der Waals surface area contributed by atoms with Crippen LogP contribution >= 0.6 is 0 Å². The molecule has 4 rings (SSSR count). The van der Waals surface area contributed by atoms with Gasteiger partial charge in [0.15, 0.2) is 0 Å². The minimum Gasteiger partial charge on any atom is -0.334 e. The van der Waals surface area contributed by atoms with E-state index in [1.54, 1.807) is 11.0 Å². The van der Waals surface area contributed by atoms with Crippen LogP contribution in [0, 0.1) is 0 Å². The maximum Gasteiger partial charge on any atom is 0.322 e. The van der Waals surface area contributed by atoms with E-state index in [0.717, 1.165) is 22.4 Å². The number of aromatic nitrogens is 2. The predicted octanol–water partition coefficient (Wildman–Crippen LogP) is 4.42. The van der Waals surface area contributed by atoms with Crippen LogP contribution in [0.4, 0.5) is 4.79 Å². The second kappa shape index (κ2) is 7.52. The van der Waals surface area contributed by atoms with Gasteiger partial charge in [-0.05, 0) is 12.5 Å². The largest absolute Gasteiger partial charge is 0.334 e. The lowest BCUT2D eigenvalue weighted by molar-refractivity contribution is 0.209. The molecule has 3 aromatic rings. The monoisotopic (exact) mass is 372 g/mol. The van der Waals surface area contributed by atoms with Gasteiger partial charge in [0.2, 0.25) is 5.82 Å². The zero-order valence-electron chi connectivity index (χ0n) is 15.5. The zero-order valence-corrected chi connectivity index (χ0v) is 15.5. The lowest BCUT2D eigenvalue weighted by Crippen LogP contribution is -2.46. The molecule has 0 unspecified atom stereocenters. The van der Waals surface area contributed by atoms with Gasteiger partial charge in [0.05, 0.1) is 11.6 Å². The van der Waals surface area contributed by atoms with E-state index in [4.69, 9.17) is 4.52 Å². The average molecular weight is 372 g/mol. The van der Waals surface area contributed by atoms with Crippen LogP contribution in [0.2, 0.25) is 0 Å². The summed E-state index contributed by atoms with van der Waals surface area (Å²) in [6, 6.07) is 18.8. The smallest absolute Gasteiger partial charge is 0.322 e. The summed E-state index contributed by atoms with van der Waals surface area (Å²) in [6.07, 6.45) is 1.69. The number of allylic oxidation sites excluding steroid dienone is 1. The number of urea groups is 1. The molecule has 1 aromatic heterocycles. The van der Waals surface area contributed by atoms with Crippen molar-refractivity contribution >= 4 is 11.6 Å². The fraction of sp³-hybridized carbons (Fsp3) is 0.136. The fourth-order valence-electron chi connectivity index (χ4n) is 3.34. The number of nitrogens with one attached hydrogen (secondary N) is 1. The molecule has 1 aliphatic heterocycles. The molecule has 0 bridgehead atoms. The van der Waals surface area contributed by atoms with Crippen molar-refractivity contribution in [2.24, 2.45) is 0 Å². The van der Waals surface area contributed by atoms with E-state index in [0.29, 0.717) is 18.3 Å². The Morgan fingerprint density at radius 2 is 1.82 bits per heavy atom. The van der Waals surface area contributed by atoms with Crippen molar-refractivity contribution in [1.29, 1.82) is 0 Å². The summed E-state index contributed by atoms with van der Waals surface area (Å²) < 4.78 is 5.62. The fourth-order valence-corrected chi connectivity index (χ4v) is 3.34. The van der Waals surface area contributed by atoms with E-state index in [1.165, 1.54) is 0 Å². The second-order valence-electron chi connectivity index (χ2n) is 6.48. The summed E-state index contributed by atoms with van der Waals surface area (Å²) in [5.41, 5.74) is 3.36. The van der Waals surface area contributed by atoms with E-state index in [2.05, 4.69) is 22.0 Å². The maximum atomic E-state index is 12.6. The molecular formula is C22H20N4O2. The molecule has 1 atom stereocenters. The summed E-state index contributed by atoms with van der Waals surface area (Å²) in [5.74, 6) is 0.897. The summed E-state index contributed by atoms with van der Waals surface area (Å²) in [5, 5.41) is 7.19. The minimum atomic E-state index is -0.376. The van der Waals surface area contributed by atoms with Crippen LogP contribution in [-0.4, -0.2) is 27.6 Å². The van der Waals surface area contributed by atoms with Crippen LogP contribution in [0.15, 0.2) is 83.5 Å². The summed E-state index contributed by atoms with van der Waals surface area (Å²) in [6.45, 7) is 6.03. The van der Waals surface area contributed by atoms with Crippen molar-refractivity contribution in [3.05, 3.63) is 90.5 Å². The molecule has 0 aliphatic carbocycles. The summed E-state index contributed by atoms with van der Waals surface area (Å²) in [7, 11) is 0. The molecule has 0 saturated heterocycles. The third-order valence-electron chi connectivity index (χ3n) is 4.73. The maximum absolute atomic E-state index is 12.6. The lowest BCUT2D eigenvalue weighted by atomic mass is 9.95. The quantitative estimate of drug-likeness (QED) is 0.673. The van der Waals surface area contributed by atoms with Crippen molar-refractivity contribution in [1.82, 2.24) is 20.4 Å². The van der Waals surface area contributed by atoms with E-state index < -0.39 is 0 Å². The first-order valence-corrected chi connectivity index (χ1v) is 9.03. The van der Waals surface area contributed by atoms with Gasteiger partial charge in [-0.25, -0.2) is 4.79 Å². The Balaban J connectivity index is 1.82. The SMILES string of the molecule is C=CCN1C(=O)N[C@H](c2ccccc2)C(c2nc(-c3ccccc3)no2)=C1C. The van der Waals surface area contributed by atoms with Gasteiger partial charge in [-0.15, -0.1) is 6.58 Å². The van der Waals surface area contributed by atoms with Gasteiger partial charge in [0.1, 0.15) is 0 Å². The van der Waals surface area contributed by atoms with Crippen molar-refractivity contribution in [3.63, 3.8) is 0 Å². The molecule has 6 nitrogen and oxygen atoms in total. The lowest BCUT2D eigenvalue weighted by Gasteiger charge is -2.34. The Morgan fingerprint density at radius 1 is 1.14 bits per heavy atom. The van der Waals surface area contributed by atoms with Crippen molar-refractivity contribution in [2.45, 2.75) is 13.0 Å². The second-order valence-corrected chi connectivity index (χ2v) is 6.48. The van der Waals surface area contributed by atoms with E-state index in [1.807, 2.05) is 67.6 Å². The first-order chi connectivity index (χ1) is 13.7. The molecule has 2 amide bonds. The van der Waals surface area contributed by atoms with Gasteiger partial charge < -0.3 is 9.84 Å². The molecular weight excluding hydrogens is 352 g/mol. The highest BCUT2D eigenvalue weighted by Crippen LogP contribution is 2.37. The summed E-state index contributed by atoms with van der Waals surface area (Å²) in [4.78, 5) is 18.9. The number of carbonyl (C=O) groups excluding carboxylic acids is 1. The Bertz CT molecular complexity index is 1020. The standard InChI is InChI=1S/C22H20N4O2/c1-3-14-26-15(2)18(19(23-22(26)27)16-10-6-4-7-11-16)21-24-20(25-28-21)17-12-8-5-9-13-17/h3-13,19H,1,14H2,2H3,(H,23,27)/t19-/m1/s1. The van der Waals surface area contributed by atoms with Gasteiger partial charge >= 0.3 is 6.03 Å². The molecule has 0 spiro atoms. The zero-order chi connectivity index (χ0) is 19.5. The van der Waals surface area contributed by atoms with E-state index in [-0.39, 0.29) is 12.1 Å². The minimum absolute atomic E-state index is 0.183. The Morgan fingerprint density at radius 3 is 2.50 bits per heavy atom. The molecule has 0 saturated carbocycles. The molecule has 1 aliphatic rings. The van der Waals surface area contributed by atoms with Gasteiger partial charge in [0, 0.05) is 17.8 Å². The van der Waals surface area contributed by atoms with Gasteiger partial charge in [-0.1, -0.05) is 71.9 Å². The van der Waals surface area contributed by atoms with Crippen LogP contribution in [0.3, 0.4) is 0 Å². The third kappa shape index (κ3) is 3.20. The highest BCUT2D eigenvalue weighted by molar-refractivity contribution is 5.87. The van der Waals surface area contributed by atoms with Crippen molar-refractivity contribution < 1.29 is 9.32 Å². The highest BCUT2D eigenvalue weighted by Gasteiger charge is 2.35. The van der Waals surface area contributed by atoms with Crippen LogP contribution in [0.1, 0.15) is 24.4 Å². The van der Waals surface area contributed by atoms with Crippen LogP contribution in [-0.2, 0) is 0 Å². The number of rotatable bonds is 5. The Kier molecular flexibility index (Phi) is 4.76. The molecule has 140 valence electrons. The van der Waals surface area contributed by atoms with E-state index >= 15 is 0 Å². The number of nitrogens with zero attached hydrogens (tertiary/aromatic N) is 3. The number of carbonyl (C=O) groups is 1. The molecule has 28 heavy (non-hydrogen) atoms. The average Bonchev–Trinajstić information content (AvgIpc) is 3.22. The third-order valence-corrected chi connectivity index (χ3v) is 4.73. The van der Waals surface area contributed by atoms with Gasteiger partial charge in [0.25, 0.3) is 5.89 Å². The van der Waals surface area contributed by atoms with Gasteiger partial charge in [-0.3, -0.25) is 4.90 Å². The number of hydrogen-bond donors (Lipinski definition) is 1. The Labute approximate surface area is 163 Å². The molecule has 2 heterocycles. The van der Waals surface area contributed by atoms with Gasteiger partial charge in [-0.2, -0.15) is 4.98 Å².